The van der Waals surface area contributed by atoms with Crippen LogP contribution < -0.4 is 5.32 Å². The zero-order valence-corrected chi connectivity index (χ0v) is 14.5. The van der Waals surface area contributed by atoms with Crippen LogP contribution in [0.1, 0.15) is 27.4 Å². The Morgan fingerprint density at radius 2 is 1.88 bits per heavy atom. The topological polar surface area (TPSA) is 75.6 Å². The molecule has 5 nitrogen and oxygen atoms in total. The molecule has 0 unspecified atom stereocenters. The number of aryl methyl sites for hydroxylation is 1. The number of carbonyl (C=O) groups excluding carboxylic acids is 1. The molecule has 0 radical (unpaired) electrons. The average Bonchev–Trinajstić information content (AvgIpc) is 2.98. The van der Waals surface area contributed by atoms with E-state index in [2.05, 4.69) is 5.32 Å². The second-order valence-electron chi connectivity index (χ2n) is 6.04. The largest absolute Gasteiger partial charge is 0.480 e. The summed E-state index contributed by atoms with van der Waals surface area (Å²) in [5, 5.41) is 12.2. The molecule has 2 N–H and O–H groups in total. The van der Waals surface area contributed by atoms with Crippen LogP contribution >= 0.6 is 11.3 Å². The SMILES string of the molecule is Cc1sc(C(=O)NC2(C(=O)O)CCOCC2)cc1-c1ccc(F)cc1. The highest BCUT2D eigenvalue weighted by Gasteiger charge is 2.42. The smallest absolute Gasteiger partial charge is 0.329 e. The van der Waals surface area contributed by atoms with E-state index in [4.69, 9.17) is 4.74 Å². The number of nitrogens with one attached hydrogen (secondary N) is 1. The fourth-order valence-electron chi connectivity index (χ4n) is 2.90. The minimum Gasteiger partial charge on any atom is -0.480 e. The van der Waals surface area contributed by atoms with Crippen LogP contribution in [0.5, 0.6) is 0 Å². The lowest BCUT2D eigenvalue weighted by Gasteiger charge is -2.33. The van der Waals surface area contributed by atoms with Crippen molar-refractivity contribution in [2.24, 2.45) is 0 Å². The van der Waals surface area contributed by atoms with Crippen LogP contribution in [0.4, 0.5) is 4.39 Å². The number of carboxylic acid groups (broad SMARTS) is 1. The van der Waals surface area contributed by atoms with Crippen molar-refractivity contribution in [3.8, 4) is 11.1 Å². The van der Waals surface area contributed by atoms with E-state index in [1.54, 1.807) is 18.2 Å². The highest BCUT2D eigenvalue weighted by Crippen LogP contribution is 2.32. The number of thiophene rings is 1. The molecule has 0 aliphatic carbocycles. The molecule has 1 aromatic carbocycles. The van der Waals surface area contributed by atoms with E-state index in [9.17, 15) is 19.1 Å². The fraction of sp³-hybridized carbons (Fsp3) is 0.333. The predicted octanol–water partition coefficient (Wildman–Crippen LogP) is 3.23. The van der Waals surface area contributed by atoms with Crippen molar-refractivity contribution in [1.29, 1.82) is 0 Å². The molecule has 3 rings (SSSR count). The van der Waals surface area contributed by atoms with E-state index in [-0.39, 0.29) is 18.7 Å². The van der Waals surface area contributed by atoms with Gasteiger partial charge in [0.2, 0.25) is 0 Å². The van der Waals surface area contributed by atoms with Crippen molar-refractivity contribution in [3.63, 3.8) is 0 Å². The zero-order valence-electron chi connectivity index (χ0n) is 13.7. The maximum atomic E-state index is 13.1. The molecule has 1 aromatic heterocycles. The maximum absolute atomic E-state index is 13.1. The Bertz CT molecular complexity index is 794. The standard InChI is InChI=1S/C18H18FNO4S/c1-11-14(12-2-4-13(19)5-3-12)10-15(25-11)16(21)20-18(17(22)23)6-8-24-9-7-18/h2-5,10H,6-9H2,1H3,(H,20,21)(H,22,23). The number of halogens is 1. The molecule has 1 fully saturated rings. The molecule has 0 spiro atoms. The lowest BCUT2D eigenvalue weighted by Crippen LogP contribution is -2.57. The van der Waals surface area contributed by atoms with Crippen LogP contribution in [0, 0.1) is 12.7 Å². The highest BCUT2D eigenvalue weighted by molar-refractivity contribution is 7.14. The van der Waals surface area contributed by atoms with Gasteiger partial charge in [0, 0.05) is 30.9 Å². The van der Waals surface area contributed by atoms with Gasteiger partial charge in [0.1, 0.15) is 11.4 Å². The lowest BCUT2D eigenvalue weighted by atomic mass is 9.90. The minimum atomic E-state index is -1.29. The Morgan fingerprint density at radius 1 is 1.24 bits per heavy atom. The van der Waals surface area contributed by atoms with Gasteiger partial charge in [-0.05, 0) is 36.2 Å². The third kappa shape index (κ3) is 3.57. The zero-order chi connectivity index (χ0) is 18.0. The van der Waals surface area contributed by atoms with Gasteiger partial charge < -0.3 is 15.2 Å². The molecule has 1 amide bonds. The van der Waals surface area contributed by atoms with Gasteiger partial charge in [0.15, 0.2) is 0 Å². The predicted molar refractivity (Wildman–Crippen MR) is 92.3 cm³/mol. The number of aliphatic carboxylic acids is 1. The molecule has 1 saturated heterocycles. The van der Waals surface area contributed by atoms with Crippen molar-refractivity contribution in [1.82, 2.24) is 5.32 Å². The van der Waals surface area contributed by atoms with Crippen molar-refractivity contribution in [2.75, 3.05) is 13.2 Å². The van der Waals surface area contributed by atoms with Crippen LogP contribution in [0.25, 0.3) is 11.1 Å². The van der Waals surface area contributed by atoms with Gasteiger partial charge >= 0.3 is 5.97 Å². The first-order chi connectivity index (χ1) is 11.9. The average molecular weight is 363 g/mol. The number of rotatable bonds is 4. The molecule has 0 bridgehead atoms. The Kier molecular flexibility index (Phi) is 4.87. The number of hydrogen-bond donors (Lipinski definition) is 2. The lowest BCUT2D eigenvalue weighted by molar-refractivity contribution is -0.148. The van der Waals surface area contributed by atoms with Crippen LogP contribution in [0.2, 0.25) is 0 Å². The molecule has 2 aromatic rings. The Labute approximate surface area is 148 Å². The summed E-state index contributed by atoms with van der Waals surface area (Å²) in [6, 6.07) is 7.77. The maximum Gasteiger partial charge on any atom is 0.329 e. The summed E-state index contributed by atoms with van der Waals surface area (Å²) < 4.78 is 18.3. The van der Waals surface area contributed by atoms with Gasteiger partial charge in [-0.1, -0.05) is 12.1 Å². The molecular formula is C18H18FNO4S. The van der Waals surface area contributed by atoms with Crippen molar-refractivity contribution in [2.45, 2.75) is 25.3 Å². The van der Waals surface area contributed by atoms with Gasteiger partial charge in [0.25, 0.3) is 5.91 Å². The van der Waals surface area contributed by atoms with Crippen LogP contribution in [0.3, 0.4) is 0 Å². The fourth-order valence-corrected chi connectivity index (χ4v) is 3.84. The Morgan fingerprint density at radius 3 is 2.48 bits per heavy atom. The quantitative estimate of drug-likeness (QED) is 0.875. The minimum absolute atomic E-state index is 0.239. The summed E-state index contributed by atoms with van der Waals surface area (Å²) in [4.78, 5) is 25.6. The number of ether oxygens (including phenoxy) is 1. The van der Waals surface area contributed by atoms with Gasteiger partial charge in [-0.25, -0.2) is 9.18 Å². The summed E-state index contributed by atoms with van der Waals surface area (Å²) in [5.74, 6) is -1.78. The number of carboxylic acids is 1. The van der Waals surface area contributed by atoms with Gasteiger partial charge in [-0.3, -0.25) is 4.79 Å². The van der Waals surface area contributed by atoms with E-state index >= 15 is 0 Å². The first-order valence-corrected chi connectivity index (χ1v) is 8.73. The monoisotopic (exact) mass is 363 g/mol. The molecule has 2 heterocycles. The van der Waals surface area contributed by atoms with E-state index in [0.29, 0.717) is 18.1 Å². The normalized spacial score (nSPS) is 16.4. The summed E-state index contributed by atoms with van der Waals surface area (Å²) in [6.07, 6.45) is 0.479. The molecule has 7 heteroatoms. The van der Waals surface area contributed by atoms with Gasteiger partial charge in [-0.15, -0.1) is 11.3 Å². The number of carbonyl (C=O) groups is 2. The third-order valence-corrected chi connectivity index (χ3v) is 5.45. The van der Waals surface area contributed by atoms with E-state index in [1.807, 2.05) is 6.92 Å². The number of benzene rings is 1. The second kappa shape index (κ2) is 6.93. The molecule has 25 heavy (non-hydrogen) atoms. The number of hydrogen-bond acceptors (Lipinski definition) is 4. The van der Waals surface area contributed by atoms with Crippen LogP contribution in [-0.4, -0.2) is 35.7 Å². The molecular weight excluding hydrogens is 345 g/mol. The summed E-state index contributed by atoms with van der Waals surface area (Å²) >= 11 is 1.29. The molecule has 0 atom stereocenters. The highest BCUT2D eigenvalue weighted by atomic mass is 32.1. The first-order valence-electron chi connectivity index (χ1n) is 7.91. The van der Waals surface area contributed by atoms with Crippen molar-refractivity contribution >= 4 is 23.2 Å². The molecule has 1 aliphatic rings. The molecule has 0 saturated carbocycles. The van der Waals surface area contributed by atoms with Crippen molar-refractivity contribution in [3.05, 3.63) is 45.9 Å². The van der Waals surface area contributed by atoms with E-state index in [1.165, 1.54) is 23.5 Å². The Balaban J connectivity index is 1.84. The van der Waals surface area contributed by atoms with Gasteiger partial charge in [-0.2, -0.15) is 0 Å². The van der Waals surface area contributed by atoms with Crippen molar-refractivity contribution < 1.29 is 23.8 Å². The van der Waals surface area contributed by atoms with Gasteiger partial charge in [0.05, 0.1) is 4.88 Å². The number of amides is 1. The summed E-state index contributed by atoms with van der Waals surface area (Å²) in [6.45, 7) is 2.48. The summed E-state index contributed by atoms with van der Waals surface area (Å²) in [7, 11) is 0. The third-order valence-electron chi connectivity index (χ3n) is 4.41. The summed E-state index contributed by atoms with van der Waals surface area (Å²) in [5.41, 5.74) is 0.364. The second-order valence-corrected chi connectivity index (χ2v) is 7.30. The molecule has 1 aliphatic heterocycles. The first kappa shape index (κ1) is 17.6. The Hall–Kier alpha value is -2.25. The van der Waals surface area contributed by atoms with Crippen LogP contribution in [-0.2, 0) is 9.53 Å². The molecule has 132 valence electrons. The van der Waals surface area contributed by atoms with E-state index < -0.39 is 17.4 Å². The van der Waals surface area contributed by atoms with E-state index in [0.717, 1.165) is 16.0 Å². The van der Waals surface area contributed by atoms with Crippen LogP contribution in [0.15, 0.2) is 30.3 Å².